The molecule has 0 fully saturated rings. The van der Waals surface area contributed by atoms with Crippen LogP contribution in [0.1, 0.15) is 21.5 Å². The third kappa shape index (κ3) is 4.20. The van der Waals surface area contributed by atoms with Crippen molar-refractivity contribution in [2.75, 3.05) is 0 Å². The zero-order valence-electron chi connectivity index (χ0n) is 10.3. The molecule has 0 saturated carbocycles. The minimum absolute atomic E-state index is 0. The average molecular weight is 285 g/mol. The van der Waals surface area contributed by atoms with E-state index in [0.717, 1.165) is 10.9 Å². The quantitative estimate of drug-likeness (QED) is 0.623. The van der Waals surface area contributed by atoms with Crippen LogP contribution in [0.3, 0.4) is 0 Å². The number of carbonyl (C=O) groups is 1. The average Bonchev–Trinajstić information content (AvgIpc) is 2.32. The summed E-state index contributed by atoms with van der Waals surface area (Å²) in [5.41, 5.74) is 2.89. The summed E-state index contributed by atoms with van der Waals surface area (Å²) in [6.07, 6.45) is 0. The molecule has 19 heavy (non-hydrogen) atoms. The Hall–Kier alpha value is -0.573. The summed E-state index contributed by atoms with van der Waals surface area (Å²) in [4.78, 5) is 12.3. The topological polar surface area (TPSA) is 17.1 Å². The van der Waals surface area contributed by atoms with Gasteiger partial charge in [-0.25, -0.2) is 0 Å². The van der Waals surface area contributed by atoms with E-state index in [2.05, 4.69) is 0 Å². The second kappa shape index (κ2) is 7.27. The second-order valence-corrected chi connectivity index (χ2v) is 5.94. The van der Waals surface area contributed by atoms with Crippen molar-refractivity contribution in [3.8, 4) is 0 Å². The first-order chi connectivity index (χ1) is 8.58. The van der Waals surface area contributed by atoms with Gasteiger partial charge in [0.1, 0.15) is 0 Å². The molecular weight excluding hydrogens is 270 g/mol. The van der Waals surface area contributed by atoms with Crippen molar-refractivity contribution in [1.82, 2.24) is 0 Å². The SMILES string of the molecule is Cc1ccc(PC(=O)c2c(C)cccc2Cl)cc1.[LiH]. The molecule has 0 aliphatic carbocycles. The zero-order chi connectivity index (χ0) is 13.1. The molecule has 0 aliphatic heterocycles. The van der Waals surface area contributed by atoms with Crippen LogP contribution in [-0.2, 0) is 0 Å². The Kier molecular flexibility index (Phi) is 6.31. The van der Waals surface area contributed by atoms with Crippen LogP contribution in [0.2, 0.25) is 5.02 Å². The zero-order valence-corrected chi connectivity index (χ0v) is 12.1. The second-order valence-electron chi connectivity index (χ2n) is 4.25. The Bertz CT molecular complexity index is 561. The number of aryl methyl sites for hydroxylation is 2. The normalized spacial score (nSPS) is 10.5. The van der Waals surface area contributed by atoms with Gasteiger partial charge in [-0.05, 0) is 39.4 Å². The molecule has 1 nitrogen and oxygen atoms in total. The Balaban J connectivity index is 0.00000180. The van der Waals surface area contributed by atoms with Gasteiger partial charge in [0.25, 0.3) is 0 Å². The van der Waals surface area contributed by atoms with Crippen molar-refractivity contribution < 1.29 is 4.79 Å². The summed E-state index contributed by atoms with van der Waals surface area (Å²) in [5.74, 6) is 0. The third-order valence-corrected chi connectivity index (χ3v) is 4.17. The van der Waals surface area contributed by atoms with Gasteiger partial charge in [-0.1, -0.05) is 53.6 Å². The molecule has 0 bridgehead atoms. The van der Waals surface area contributed by atoms with E-state index in [1.165, 1.54) is 5.56 Å². The molecule has 0 amide bonds. The Morgan fingerprint density at radius 2 is 1.68 bits per heavy atom. The fourth-order valence-electron chi connectivity index (χ4n) is 1.75. The fourth-order valence-corrected chi connectivity index (χ4v) is 3.19. The van der Waals surface area contributed by atoms with Crippen LogP contribution >= 0.6 is 20.2 Å². The summed E-state index contributed by atoms with van der Waals surface area (Å²) in [5, 5.41) is 1.59. The number of benzene rings is 2. The fraction of sp³-hybridized carbons (Fsp3) is 0.133. The summed E-state index contributed by atoms with van der Waals surface area (Å²) < 4.78 is 0. The predicted molar refractivity (Wildman–Crippen MR) is 86.8 cm³/mol. The van der Waals surface area contributed by atoms with Gasteiger partial charge in [-0.3, -0.25) is 4.79 Å². The summed E-state index contributed by atoms with van der Waals surface area (Å²) in [7, 11) is 0.121. The van der Waals surface area contributed by atoms with Gasteiger partial charge in [0.15, 0.2) is 5.52 Å². The number of carbonyl (C=O) groups excluding carboxylic acids is 1. The first kappa shape index (κ1) is 16.5. The van der Waals surface area contributed by atoms with Crippen LogP contribution in [0.5, 0.6) is 0 Å². The molecule has 2 aromatic carbocycles. The van der Waals surface area contributed by atoms with Crippen molar-refractivity contribution >= 4 is 49.9 Å². The molecule has 1 atom stereocenters. The van der Waals surface area contributed by atoms with Crippen molar-refractivity contribution in [2.45, 2.75) is 13.8 Å². The van der Waals surface area contributed by atoms with E-state index in [1.807, 2.05) is 50.2 Å². The molecule has 0 radical (unpaired) electrons. The van der Waals surface area contributed by atoms with Gasteiger partial charge < -0.3 is 0 Å². The van der Waals surface area contributed by atoms with Crippen LogP contribution in [0.15, 0.2) is 42.5 Å². The third-order valence-electron chi connectivity index (χ3n) is 2.76. The molecular formula is C15H15ClLiOP. The van der Waals surface area contributed by atoms with Crippen molar-refractivity contribution in [2.24, 2.45) is 0 Å². The van der Waals surface area contributed by atoms with Crippen molar-refractivity contribution in [1.29, 1.82) is 0 Å². The Morgan fingerprint density at radius 3 is 2.26 bits per heavy atom. The van der Waals surface area contributed by atoms with Crippen LogP contribution in [0.25, 0.3) is 0 Å². The maximum absolute atomic E-state index is 12.3. The molecule has 1 unspecified atom stereocenters. The molecule has 94 valence electrons. The molecule has 0 aliphatic rings. The minimum atomic E-state index is 0. The maximum atomic E-state index is 12.3. The van der Waals surface area contributed by atoms with E-state index in [1.54, 1.807) is 6.07 Å². The molecule has 4 heteroatoms. The molecule has 0 saturated heterocycles. The van der Waals surface area contributed by atoms with Crippen LogP contribution < -0.4 is 5.30 Å². The molecule has 0 N–H and O–H groups in total. The Labute approximate surface area is 132 Å². The van der Waals surface area contributed by atoms with Crippen molar-refractivity contribution in [3.63, 3.8) is 0 Å². The van der Waals surface area contributed by atoms with E-state index in [0.29, 0.717) is 10.6 Å². The first-order valence-corrected chi connectivity index (χ1v) is 7.09. The van der Waals surface area contributed by atoms with Gasteiger partial charge in [-0.2, -0.15) is 0 Å². The monoisotopic (exact) mass is 284 g/mol. The number of halogens is 1. The van der Waals surface area contributed by atoms with E-state index < -0.39 is 0 Å². The van der Waals surface area contributed by atoms with Gasteiger partial charge in [-0.15, -0.1) is 0 Å². The summed E-state index contributed by atoms with van der Waals surface area (Å²) in [6.45, 7) is 3.95. The van der Waals surface area contributed by atoms with E-state index in [4.69, 9.17) is 11.6 Å². The number of hydrogen-bond donors (Lipinski definition) is 0. The van der Waals surface area contributed by atoms with Gasteiger partial charge >= 0.3 is 18.9 Å². The van der Waals surface area contributed by atoms with Crippen LogP contribution in [-0.4, -0.2) is 24.4 Å². The number of rotatable bonds is 3. The first-order valence-electron chi connectivity index (χ1n) is 5.71. The van der Waals surface area contributed by atoms with E-state index in [9.17, 15) is 4.79 Å². The van der Waals surface area contributed by atoms with Gasteiger partial charge in [0, 0.05) is 5.56 Å². The Morgan fingerprint density at radius 1 is 1.05 bits per heavy atom. The van der Waals surface area contributed by atoms with Crippen LogP contribution in [0.4, 0.5) is 0 Å². The standard InChI is InChI=1S/C15H14ClOP.Li.H/c1-10-6-8-12(9-7-10)18-15(17)14-11(2)4-3-5-13(14)16;;/h3-9,18H,1-2H3;;. The van der Waals surface area contributed by atoms with Gasteiger partial charge in [0.05, 0.1) is 5.02 Å². The summed E-state index contributed by atoms with van der Waals surface area (Å²) in [6, 6.07) is 13.6. The summed E-state index contributed by atoms with van der Waals surface area (Å²) >= 11 is 6.10. The molecule has 0 aromatic heterocycles. The number of hydrogen-bond acceptors (Lipinski definition) is 1. The van der Waals surface area contributed by atoms with Crippen LogP contribution in [0, 0.1) is 13.8 Å². The molecule has 0 spiro atoms. The molecule has 2 aromatic rings. The van der Waals surface area contributed by atoms with Gasteiger partial charge in [0.2, 0.25) is 0 Å². The van der Waals surface area contributed by atoms with E-state index >= 15 is 0 Å². The van der Waals surface area contributed by atoms with Crippen molar-refractivity contribution in [3.05, 3.63) is 64.2 Å². The molecule has 2 rings (SSSR count). The predicted octanol–water partition coefficient (Wildman–Crippen LogP) is 3.45. The van der Waals surface area contributed by atoms with E-state index in [-0.39, 0.29) is 33.0 Å². The molecule has 0 heterocycles.